The monoisotopic (exact) mass is 298 g/mol. The Hall–Kier alpha value is -2.56. The minimum atomic E-state index is 0.447. The number of methoxy groups -OCH3 is 1. The van der Waals surface area contributed by atoms with Gasteiger partial charge >= 0.3 is 0 Å². The van der Waals surface area contributed by atoms with Crippen molar-refractivity contribution in [3.8, 4) is 17.0 Å². The van der Waals surface area contributed by atoms with Crippen molar-refractivity contribution in [3.05, 3.63) is 41.9 Å². The second-order valence-corrected chi connectivity index (χ2v) is 4.73. The lowest BCUT2D eigenvalue weighted by Gasteiger charge is -2.13. The molecule has 22 heavy (non-hydrogen) atoms. The summed E-state index contributed by atoms with van der Waals surface area (Å²) in [6.45, 7) is 8.01. The number of nitrogens with two attached hydrogens (primary N) is 1. The molecule has 3 rings (SSSR count). The van der Waals surface area contributed by atoms with Gasteiger partial charge in [-0.3, -0.25) is 4.40 Å². The van der Waals surface area contributed by atoms with Crippen LogP contribution in [0.5, 0.6) is 5.75 Å². The van der Waals surface area contributed by atoms with Crippen LogP contribution in [-0.4, -0.2) is 21.5 Å². The van der Waals surface area contributed by atoms with E-state index in [0.717, 1.165) is 28.3 Å². The summed E-state index contributed by atoms with van der Waals surface area (Å²) in [7, 11) is 1.67. The normalized spacial score (nSPS) is 10.2. The van der Waals surface area contributed by atoms with E-state index in [0.29, 0.717) is 11.5 Å². The lowest BCUT2D eigenvalue weighted by Crippen LogP contribution is -2.04. The molecule has 0 saturated carbocycles. The number of aromatic nitrogens is 3. The Balaban J connectivity index is 0.000000847. The first-order valence-corrected chi connectivity index (χ1v) is 7.36. The zero-order valence-electron chi connectivity index (χ0n) is 13.7. The number of rotatable bonds is 2. The van der Waals surface area contributed by atoms with E-state index in [4.69, 9.17) is 10.5 Å². The zero-order valence-corrected chi connectivity index (χ0v) is 13.7. The molecule has 0 amide bonds. The molecule has 3 aromatic rings. The molecule has 1 aromatic carbocycles. The number of hydrogen-bond donors (Lipinski definition) is 1. The van der Waals surface area contributed by atoms with Gasteiger partial charge in [0, 0.05) is 18.0 Å². The van der Waals surface area contributed by atoms with Gasteiger partial charge in [0.15, 0.2) is 11.5 Å². The van der Waals surface area contributed by atoms with Gasteiger partial charge in [-0.25, -0.2) is 9.97 Å². The SMILES string of the molecule is CC.COc1ccc(-c2c(C)nc(N)c3nccn23)c(C)c1. The van der Waals surface area contributed by atoms with E-state index in [1.165, 1.54) is 0 Å². The van der Waals surface area contributed by atoms with Crippen molar-refractivity contribution < 1.29 is 4.74 Å². The molecule has 2 N–H and O–H groups in total. The highest BCUT2D eigenvalue weighted by Crippen LogP contribution is 2.30. The molecule has 0 bridgehead atoms. The minimum absolute atomic E-state index is 0.447. The first kappa shape index (κ1) is 15.8. The molecule has 0 radical (unpaired) electrons. The number of imidazole rings is 1. The minimum Gasteiger partial charge on any atom is -0.497 e. The molecule has 0 aliphatic rings. The summed E-state index contributed by atoms with van der Waals surface area (Å²) in [4.78, 5) is 8.66. The van der Waals surface area contributed by atoms with Crippen LogP contribution in [0.25, 0.3) is 16.9 Å². The molecule has 0 fully saturated rings. The number of benzene rings is 1. The van der Waals surface area contributed by atoms with Crippen molar-refractivity contribution in [2.45, 2.75) is 27.7 Å². The number of ether oxygens (including phenoxy) is 1. The fraction of sp³-hybridized carbons (Fsp3) is 0.294. The van der Waals surface area contributed by atoms with Gasteiger partial charge in [-0.05, 0) is 37.6 Å². The van der Waals surface area contributed by atoms with Crippen molar-refractivity contribution in [3.63, 3.8) is 0 Å². The summed E-state index contributed by atoms with van der Waals surface area (Å²) in [6.07, 6.45) is 3.63. The molecular formula is C17H22N4O. The summed E-state index contributed by atoms with van der Waals surface area (Å²) in [5.41, 5.74) is 10.7. The van der Waals surface area contributed by atoms with E-state index in [1.807, 2.05) is 49.6 Å². The summed E-state index contributed by atoms with van der Waals surface area (Å²) in [5, 5.41) is 0. The lowest BCUT2D eigenvalue weighted by atomic mass is 10.0. The smallest absolute Gasteiger partial charge is 0.180 e. The fourth-order valence-electron chi connectivity index (χ4n) is 2.48. The summed E-state index contributed by atoms with van der Waals surface area (Å²) in [6, 6.07) is 5.99. The molecule has 0 aliphatic heterocycles. The quantitative estimate of drug-likeness (QED) is 0.784. The molecular weight excluding hydrogens is 276 g/mol. The molecule has 0 spiro atoms. The largest absolute Gasteiger partial charge is 0.497 e. The number of nitrogens with zero attached hydrogens (tertiary/aromatic N) is 3. The third-order valence-electron chi connectivity index (χ3n) is 3.43. The average Bonchev–Trinajstić information content (AvgIpc) is 3.00. The molecule has 0 aliphatic carbocycles. The molecule has 0 unspecified atom stereocenters. The Bertz CT molecular complexity index is 793. The molecule has 2 aromatic heterocycles. The maximum Gasteiger partial charge on any atom is 0.180 e. The first-order valence-electron chi connectivity index (χ1n) is 7.36. The molecule has 5 heteroatoms. The predicted octanol–water partition coefficient (Wildman–Crippen LogP) is 3.63. The van der Waals surface area contributed by atoms with Gasteiger partial charge in [-0.15, -0.1) is 0 Å². The Morgan fingerprint density at radius 2 is 1.91 bits per heavy atom. The maximum absolute atomic E-state index is 5.92. The summed E-state index contributed by atoms with van der Waals surface area (Å²) < 4.78 is 7.23. The van der Waals surface area contributed by atoms with E-state index in [2.05, 4.69) is 16.9 Å². The van der Waals surface area contributed by atoms with Crippen LogP contribution in [0.1, 0.15) is 25.1 Å². The van der Waals surface area contributed by atoms with Gasteiger partial charge < -0.3 is 10.5 Å². The third kappa shape index (κ3) is 2.62. The van der Waals surface area contributed by atoms with Crippen LogP contribution in [0.15, 0.2) is 30.6 Å². The number of hydrogen-bond acceptors (Lipinski definition) is 4. The lowest BCUT2D eigenvalue weighted by molar-refractivity contribution is 0.414. The molecule has 0 atom stereocenters. The number of fused-ring (bicyclic) bond motifs is 1. The van der Waals surface area contributed by atoms with Gasteiger partial charge in [0.2, 0.25) is 0 Å². The Kier molecular flexibility index (Phi) is 4.65. The van der Waals surface area contributed by atoms with Gasteiger partial charge in [0.1, 0.15) is 5.75 Å². The number of aryl methyl sites for hydroxylation is 2. The highest BCUT2D eigenvalue weighted by molar-refractivity contribution is 5.73. The molecule has 116 valence electrons. The van der Waals surface area contributed by atoms with Crippen LogP contribution >= 0.6 is 0 Å². The molecule has 2 heterocycles. The Labute approximate surface area is 130 Å². The maximum atomic E-state index is 5.92. The van der Waals surface area contributed by atoms with Crippen LogP contribution in [0.2, 0.25) is 0 Å². The van der Waals surface area contributed by atoms with Crippen LogP contribution in [0, 0.1) is 13.8 Å². The predicted molar refractivity (Wildman–Crippen MR) is 90.2 cm³/mol. The summed E-state index contributed by atoms with van der Waals surface area (Å²) >= 11 is 0. The topological polar surface area (TPSA) is 65.4 Å². The standard InChI is InChI=1S/C15H16N4O.C2H6/c1-9-8-11(20-3)4-5-12(9)13-10(2)18-14(16)15-17-6-7-19(13)15;1-2/h4-8H,1-3H3,(H2,16,18);1-2H3. The van der Waals surface area contributed by atoms with E-state index >= 15 is 0 Å². The van der Waals surface area contributed by atoms with Gasteiger partial charge in [-0.2, -0.15) is 0 Å². The van der Waals surface area contributed by atoms with Gasteiger partial charge in [0.25, 0.3) is 0 Å². The van der Waals surface area contributed by atoms with E-state index in [9.17, 15) is 0 Å². The molecule has 0 saturated heterocycles. The highest BCUT2D eigenvalue weighted by atomic mass is 16.5. The number of nitrogen functional groups attached to an aromatic ring is 1. The van der Waals surface area contributed by atoms with Crippen LogP contribution < -0.4 is 10.5 Å². The van der Waals surface area contributed by atoms with Crippen molar-refractivity contribution in [2.75, 3.05) is 12.8 Å². The van der Waals surface area contributed by atoms with E-state index in [1.54, 1.807) is 13.3 Å². The second kappa shape index (κ2) is 6.47. The highest BCUT2D eigenvalue weighted by Gasteiger charge is 2.14. The van der Waals surface area contributed by atoms with Crippen molar-refractivity contribution >= 4 is 11.5 Å². The van der Waals surface area contributed by atoms with Crippen molar-refractivity contribution in [1.82, 2.24) is 14.4 Å². The zero-order chi connectivity index (χ0) is 16.3. The fourth-order valence-corrected chi connectivity index (χ4v) is 2.48. The van der Waals surface area contributed by atoms with E-state index < -0.39 is 0 Å². The van der Waals surface area contributed by atoms with Gasteiger partial charge in [-0.1, -0.05) is 13.8 Å². The number of anilines is 1. The van der Waals surface area contributed by atoms with Crippen LogP contribution in [0.4, 0.5) is 5.82 Å². The van der Waals surface area contributed by atoms with Crippen LogP contribution in [0.3, 0.4) is 0 Å². The van der Waals surface area contributed by atoms with Crippen LogP contribution in [-0.2, 0) is 0 Å². The van der Waals surface area contributed by atoms with Crippen molar-refractivity contribution in [1.29, 1.82) is 0 Å². The van der Waals surface area contributed by atoms with Gasteiger partial charge in [0.05, 0.1) is 18.5 Å². The summed E-state index contributed by atoms with van der Waals surface area (Å²) in [5.74, 6) is 1.29. The molecule has 5 nitrogen and oxygen atoms in total. The van der Waals surface area contributed by atoms with E-state index in [-0.39, 0.29) is 0 Å². The van der Waals surface area contributed by atoms with Crippen molar-refractivity contribution in [2.24, 2.45) is 0 Å². The second-order valence-electron chi connectivity index (χ2n) is 4.73. The Morgan fingerprint density at radius 1 is 1.18 bits per heavy atom. The third-order valence-corrected chi connectivity index (χ3v) is 3.43. The Morgan fingerprint density at radius 3 is 2.55 bits per heavy atom. The first-order chi connectivity index (χ1) is 10.6. The average molecular weight is 298 g/mol.